The summed E-state index contributed by atoms with van der Waals surface area (Å²) in [6.07, 6.45) is 2.94. The Morgan fingerprint density at radius 2 is 2.13 bits per heavy atom. The van der Waals surface area contributed by atoms with Crippen LogP contribution < -0.4 is 5.32 Å². The van der Waals surface area contributed by atoms with Crippen molar-refractivity contribution in [2.24, 2.45) is 0 Å². The number of amides is 1. The van der Waals surface area contributed by atoms with Crippen LogP contribution in [-0.4, -0.2) is 46.5 Å². The fraction of sp³-hybridized carbons (Fsp3) is 0.556. The van der Waals surface area contributed by atoms with Crippen molar-refractivity contribution < 1.29 is 4.79 Å². The zero-order valence-electron chi connectivity index (χ0n) is 14.1. The maximum atomic E-state index is 13.0. The summed E-state index contributed by atoms with van der Waals surface area (Å²) < 4.78 is 2.14. The monoisotopic (exact) mass is 314 g/mol. The van der Waals surface area contributed by atoms with Crippen molar-refractivity contribution in [1.29, 1.82) is 0 Å². The first-order valence-electron chi connectivity index (χ1n) is 8.67. The third kappa shape index (κ3) is 3.24. The summed E-state index contributed by atoms with van der Waals surface area (Å²) in [6.45, 7) is 7.66. The van der Waals surface area contributed by atoms with E-state index >= 15 is 0 Å². The number of nitrogens with zero attached hydrogens (tertiary/aromatic N) is 3. The average Bonchev–Trinajstić information content (AvgIpc) is 2.74. The second-order valence-corrected chi connectivity index (χ2v) is 6.24. The Labute approximate surface area is 137 Å². The summed E-state index contributed by atoms with van der Waals surface area (Å²) in [5.74, 6) is 1.22. The molecule has 1 unspecified atom stereocenters. The summed E-state index contributed by atoms with van der Waals surface area (Å²) in [5.41, 5.74) is 2.04. The minimum absolute atomic E-state index is 0.203. The molecule has 3 rings (SSSR count). The van der Waals surface area contributed by atoms with E-state index in [1.807, 2.05) is 30.0 Å². The van der Waals surface area contributed by atoms with Crippen molar-refractivity contribution in [1.82, 2.24) is 19.8 Å². The number of fused-ring (bicyclic) bond motifs is 1. The molecule has 1 aliphatic rings. The molecule has 5 heteroatoms. The van der Waals surface area contributed by atoms with Crippen LogP contribution in [0.3, 0.4) is 0 Å². The van der Waals surface area contributed by atoms with Gasteiger partial charge in [-0.05, 0) is 38.4 Å². The molecular weight excluding hydrogens is 288 g/mol. The average molecular weight is 314 g/mol. The molecule has 124 valence electrons. The van der Waals surface area contributed by atoms with Crippen molar-refractivity contribution in [3.05, 3.63) is 30.1 Å². The Bertz CT molecular complexity index is 671. The first-order chi connectivity index (χ1) is 11.2. The fourth-order valence-electron chi connectivity index (χ4n) is 3.37. The molecule has 0 spiro atoms. The predicted molar refractivity (Wildman–Crippen MR) is 92.5 cm³/mol. The van der Waals surface area contributed by atoms with Crippen LogP contribution in [-0.2, 0) is 11.2 Å². The second-order valence-electron chi connectivity index (χ2n) is 6.24. The molecule has 1 fully saturated rings. The Morgan fingerprint density at radius 3 is 2.96 bits per heavy atom. The first-order valence-corrected chi connectivity index (χ1v) is 8.67. The van der Waals surface area contributed by atoms with Gasteiger partial charge in [0.2, 0.25) is 5.91 Å². The molecule has 1 N–H and O–H groups in total. The summed E-state index contributed by atoms with van der Waals surface area (Å²) in [4.78, 5) is 19.7. The van der Waals surface area contributed by atoms with E-state index < -0.39 is 0 Å². The zero-order chi connectivity index (χ0) is 16.2. The number of benzene rings is 1. The Hall–Kier alpha value is -1.88. The number of aromatic nitrogens is 2. The van der Waals surface area contributed by atoms with Crippen molar-refractivity contribution in [3.8, 4) is 0 Å². The SMILES string of the molecule is CCCc1nc2ccccc2n1C(C)C(=O)N1CCCNCC1. The Morgan fingerprint density at radius 1 is 1.30 bits per heavy atom. The number of nitrogens with one attached hydrogen (secondary N) is 1. The lowest BCUT2D eigenvalue weighted by Crippen LogP contribution is -2.38. The van der Waals surface area contributed by atoms with Gasteiger partial charge in [-0.3, -0.25) is 4.79 Å². The summed E-state index contributed by atoms with van der Waals surface area (Å²) in [6, 6.07) is 7.90. The van der Waals surface area contributed by atoms with Gasteiger partial charge in [0, 0.05) is 26.1 Å². The van der Waals surface area contributed by atoms with Gasteiger partial charge in [-0.15, -0.1) is 0 Å². The zero-order valence-corrected chi connectivity index (χ0v) is 14.1. The number of imidazole rings is 1. The summed E-state index contributed by atoms with van der Waals surface area (Å²) in [5, 5.41) is 3.35. The summed E-state index contributed by atoms with van der Waals surface area (Å²) in [7, 11) is 0. The van der Waals surface area contributed by atoms with Crippen LogP contribution >= 0.6 is 0 Å². The summed E-state index contributed by atoms with van der Waals surface area (Å²) >= 11 is 0. The highest BCUT2D eigenvalue weighted by Crippen LogP contribution is 2.23. The normalized spacial score (nSPS) is 17.2. The second kappa shape index (κ2) is 7.13. The van der Waals surface area contributed by atoms with Crippen LogP contribution in [0.4, 0.5) is 0 Å². The number of carbonyl (C=O) groups is 1. The molecule has 1 aliphatic heterocycles. The quantitative estimate of drug-likeness (QED) is 0.942. The van der Waals surface area contributed by atoms with Gasteiger partial charge in [-0.25, -0.2) is 4.98 Å². The van der Waals surface area contributed by atoms with E-state index in [-0.39, 0.29) is 11.9 Å². The van der Waals surface area contributed by atoms with E-state index in [0.717, 1.165) is 62.3 Å². The largest absolute Gasteiger partial charge is 0.340 e. The fourth-order valence-corrected chi connectivity index (χ4v) is 3.37. The van der Waals surface area contributed by atoms with E-state index in [1.165, 1.54) is 0 Å². The van der Waals surface area contributed by atoms with Gasteiger partial charge in [0.25, 0.3) is 0 Å². The van der Waals surface area contributed by atoms with Crippen LogP contribution in [0.5, 0.6) is 0 Å². The van der Waals surface area contributed by atoms with Gasteiger partial charge in [-0.2, -0.15) is 0 Å². The highest BCUT2D eigenvalue weighted by molar-refractivity contribution is 5.84. The van der Waals surface area contributed by atoms with Crippen LogP contribution in [0.1, 0.15) is 38.6 Å². The predicted octanol–water partition coefficient (Wildman–Crippen LogP) is 2.37. The van der Waals surface area contributed by atoms with Gasteiger partial charge >= 0.3 is 0 Å². The van der Waals surface area contributed by atoms with Crippen molar-refractivity contribution in [2.45, 2.75) is 39.2 Å². The maximum Gasteiger partial charge on any atom is 0.245 e. The standard InChI is InChI=1S/C18H26N4O/c1-3-7-17-20-15-8-4-5-9-16(15)22(17)14(2)18(23)21-12-6-10-19-11-13-21/h4-5,8-9,14,19H,3,6-7,10-13H2,1-2H3. The highest BCUT2D eigenvalue weighted by Gasteiger charge is 2.25. The number of carbonyl (C=O) groups excluding carboxylic acids is 1. The third-order valence-corrected chi connectivity index (χ3v) is 4.54. The van der Waals surface area contributed by atoms with E-state index in [2.05, 4.69) is 22.9 Å². The molecule has 1 amide bonds. The number of aryl methyl sites for hydroxylation is 1. The number of rotatable bonds is 4. The highest BCUT2D eigenvalue weighted by atomic mass is 16.2. The van der Waals surface area contributed by atoms with Crippen LogP contribution in [0.25, 0.3) is 11.0 Å². The van der Waals surface area contributed by atoms with Crippen molar-refractivity contribution in [3.63, 3.8) is 0 Å². The molecule has 0 bridgehead atoms. The molecule has 2 heterocycles. The molecule has 0 aliphatic carbocycles. The van der Waals surface area contributed by atoms with Crippen molar-refractivity contribution in [2.75, 3.05) is 26.2 Å². The molecule has 1 aromatic carbocycles. The lowest BCUT2D eigenvalue weighted by atomic mass is 10.2. The van der Waals surface area contributed by atoms with Gasteiger partial charge in [0.1, 0.15) is 11.9 Å². The number of hydrogen-bond acceptors (Lipinski definition) is 3. The lowest BCUT2D eigenvalue weighted by Gasteiger charge is -2.26. The minimum atomic E-state index is -0.206. The molecule has 2 aromatic rings. The molecule has 5 nitrogen and oxygen atoms in total. The maximum absolute atomic E-state index is 13.0. The number of para-hydroxylation sites is 2. The molecular formula is C18H26N4O. The van der Waals surface area contributed by atoms with E-state index in [1.54, 1.807) is 0 Å². The topological polar surface area (TPSA) is 50.2 Å². The smallest absolute Gasteiger partial charge is 0.245 e. The Kier molecular flexibility index (Phi) is 4.96. The van der Waals surface area contributed by atoms with Crippen LogP contribution in [0.15, 0.2) is 24.3 Å². The third-order valence-electron chi connectivity index (χ3n) is 4.54. The molecule has 1 atom stereocenters. The molecule has 0 saturated carbocycles. The lowest BCUT2D eigenvalue weighted by molar-refractivity contribution is -0.134. The van der Waals surface area contributed by atoms with Crippen molar-refractivity contribution >= 4 is 16.9 Å². The molecule has 1 saturated heterocycles. The van der Waals surface area contributed by atoms with Crippen LogP contribution in [0.2, 0.25) is 0 Å². The molecule has 1 aromatic heterocycles. The minimum Gasteiger partial charge on any atom is -0.340 e. The van der Waals surface area contributed by atoms with Gasteiger partial charge in [0.15, 0.2) is 0 Å². The molecule has 23 heavy (non-hydrogen) atoms. The van der Waals surface area contributed by atoms with Gasteiger partial charge in [-0.1, -0.05) is 19.1 Å². The number of hydrogen-bond donors (Lipinski definition) is 1. The van der Waals surface area contributed by atoms with Gasteiger partial charge in [0.05, 0.1) is 11.0 Å². The van der Waals surface area contributed by atoms with E-state index in [0.29, 0.717) is 0 Å². The van der Waals surface area contributed by atoms with Gasteiger partial charge < -0.3 is 14.8 Å². The van der Waals surface area contributed by atoms with E-state index in [4.69, 9.17) is 4.98 Å². The first kappa shape index (κ1) is 16.0. The van der Waals surface area contributed by atoms with Crippen LogP contribution in [0, 0.1) is 0 Å². The van der Waals surface area contributed by atoms with E-state index in [9.17, 15) is 4.79 Å². The molecule has 0 radical (unpaired) electrons. The Balaban J connectivity index is 1.93.